The molecule has 0 aromatic heterocycles. The molecule has 2 N–H and O–H groups in total. The van der Waals surface area contributed by atoms with Crippen molar-refractivity contribution in [1.29, 1.82) is 0 Å². The van der Waals surface area contributed by atoms with Crippen molar-refractivity contribution in [1.82, 2.24) is 15.5 Å². The van der Waals surface area contributed by atoms with Gasteiger partial charge in [-0.25, -0.2) is 0 Å². The van der Waals surface area contributed by atoms with Gasteiger partial charge in [0.25, 0.3) is 0 Å². The molecule has 4 nitrogen and oxygen atoms in total. The molecule has 1 aliphatic rings. The van der Waals surface area contributed by atoms with Gasteiger partial charge in [-0.05, 0) is 30.9 Å². The molecule has 1 aromatic carbocycles. The van der Waals surface area contributed by atoms with Crippen LogP contribution < -0.4 is 10.6 Å². The van der Waals surface area contributed by atoms with Crippen molar-refractivity contribution in [2.45, 2.75) is 32.1 Å². The zero-order valence-electron chi connectivity index (χ0n) is 14.1. The first kappa shape index (κ1) is 19.9. The number of piperazine rings is 1. The van der Waals surface area contributed by atoms with Gasteiger partial charge in [-0.1, -0.05) is 37.3 Å². The number of carbonyl (C=O) groups excluding carboxylic acids is 1. The first-order chi connectivity index (χ1) is 10.8. The maximum Gasteiger partial charge on any atom is 0.220 e. The van der Waals surface area contributed by atoms with Gasteiger partial charge in [0.1, 0.15) is 0 Å². The van der Waals surface area contributed by atoms with Crippen molar-refractivity contribution in [2.75, 3.05) is 39.3 Å². The van der Waals surface area contributed by atoms with Crippen LogP contribution in [-0.4, -0.2) is 50.1 Å². The lowest BCUT2D eigenvalue weighted by Gasteiger charge is -2.27. The van der Waals surface area contributed by atoms with Gasteiger partial charge in [0, 0.05) is 39.1 Å². The molecule has 1 amide bonds. The molecule has 1 fully saturated rings. The van der Waals surface area contributed by atoms with Crippen LogP contribution in [0.25, 0.3) is 0 Å². The fourth-order valence-corrected chi connectivity index (χ4v) is 2.98. The molecule has 5 heteroatoms. The fourth-order valence-electron chi connectivity index (χ4n) is 2.98. The van der Waals surface area contributed by atoms with E-state index >= 15 is 0 Å². The second kappa shape index (κ2) is 11.4. The molecule has 1 atom stereocenters. The Hall–Kier alpha value is -1.10. The number of hydrogen-bond donors (Lipinski definition) is 2. The number of benzene rings is 1. The van der Waals surface area contributed by atoms with Crippen LogP contribution in [0.3, 0.4) is 0 Å². The summed E-state index contributed by atoms with van der Waals surface area (Å²) in [6.07, 6.45) is 2.63. The first-order valence-corrected chi connectivity index (χ1v) is 8.54. The predicted octanol–water partition coefficient (Wildman–Crippen LogP) is 2.40. The van der Waals surface area contributed by atoms with Crippen molar-refractivity contribution >= 4 is 18.3 Å². The topological polar surface area (TPSA) is 44.4 Å². The largest absolute Gasteiger partial charge is 0.356 e. The third-order valence-electron chi connectivity index (χ3n) is 4.38. The summed E-state index contributed by atoms with van der Waals surface area (Å²) in [6, 6.07) is 10.3. The molecular weight excluding hydrogens is 310 g/mol. The number of carbonyl (C=O) groups is 1. The van der Waals surface area contributed by atoms with E-state index in [9.17, 15) is 4.79 Å². The Bertz CT molecular complexity index is 435. The number of amides is 1. The van der Waals surface area contributed by atoms with Crippen molar-refractivity contribution in [3.8, 4) is 0 Å². The van der Waals surface area contributed by atoms with E-state index < -0.39 is 0 Å². The molecule has 1 saturated heterocycles. The number of hydrogen-bond acceptors (Lipinski definition) is 3. The molecule has 1 aromatic rings. The van der Waals surface area contributed by atoms with Crippen LogP contribution in [0.1, 0.15) is 37.7 Å². The Morgan fingerprint density at radius 3 is 2.61 bits per heavy atom. The Morgan fingerprint density at radius 2 is 1.96 bits per heavy atom. The average molecular weight is 340 g/mol. The summed E-state index contributed by atoms with van der Waals surface area (Å²) in [5.41, 5.74) is 1.26. The second-order valence-corrected chi connectivity index (χ2v) is 6.02. The highest BCUT2D eigenvalue weighted by Gasteiger charge is 2.14. The van der Waals surface area contributed by atoms with E-state index in [1.807, 2.05) is 18.2 Å². The molecule has 0 aliphatic carbocycles. The maximum atomic E-state index is 12.1. The molecule has 0 bridgehead atoms. The van der Waals surface area contributed by atoms with E-state index in [0.717, 1.165) is 52.1 Å². The molecular formula is C18H30ClN3O. The summed E-state index contributed by atoms with van der Waals surface area (Å²) in [4.78, 5) is 14.6. The Kier molecular flexibility index (Phi) is 9.92. The minimum atomic E-state index is 0. The van der Waals surface area contributed by atoms with Crippen LogP contribution in [0.5, 0.6) is 0 Å². The molecule has 23 heavy (non-hydrogen) atoms. The van der Waals surface area contributed by atoms with Crippen LogP contribution in [0.2, 0.25) is 0 Å². The second-order valence-electron chi connectivity index (χ2n) is 6.02. The lowest BCUT2D eigenvalue weighted by Crippen LogP contribution is -2.44. The normalized spacial score (nSPS) is 16.4. The number of halogens is 1. The monoisotopic (exact) mass is 339 g/mol. The summed E-state index contributed by atoms with van der Waals surface area (Å²) in [5.74, 6) is 0.505. The lowest BCUT2D eigenvalue weighted by atomic mass is 9.93. The van der Waals surface area contributed by atoms with Crippen molar-refractivity contribution in [3.05, 3.63) is 35.9 Å². The van der Waals surface area contributed by atoms with E-state index in [1.165, 1.54) is 5.56 Å². The molecule has 1 aliphatic heterocycles. The van der Waals surface area contributed by atoms with Gasteiger partial charge in [-0.3, -0.25) is 4.79 Å². The molecule has 0 saturated carbocycles. The van der Waals surface area contributed by atoms with Gasteiger partial charge in [-0.15, -0.1) is 12.4 Å². The summed E-state index contributed by atoms with van der Waals surface area (Å²) in [5, 5.41) is 6.43. The van der Waals surface area contributed by atoms with Crippen LogP contribution in [0.4, 0.5) is 0 Å². The highest BCUT2D eigenvalue weighted by Crippen LogP contribution is 2.22. The average Bonchev–Trinajstić information content (AvgIpc) is 2.58. The van der Waals surface area contributed by atoms with Crippen molar-refractivity contribution in [3.63, 3.8) is 0 Å². The Balaban J connectivity index is 0.00000264. The highest BCUT2D eigenvalue weighted by molar-refractivity contribution is 5.85. The van der Waals surface area contributed by atoms with Crippen LogP contribution in [-0.2, 0) is 4.79 Å². The summed E-state index contributed by atoms with van der Waals surface area (Å²) < 4.78 is 0. The third kappa shape index (κ3) is 7.34. The maximum absolute atomic E-state index is 12.1. The molecule has 0 spiro atoms. The van der Waals surface area contributed by atoms with E-state index in [4.69, 9.17) is 0 Å². The SMILES string of the molecule is CCC(CC(=O)NCCCN1CCNCC1)c1ccccc1.Cl. The lowest BCUT2D eigenvalue weighted by molar-refractivity contribution is -0.121. The third-order valence-corrected chi connectivity index (χ3v) is 4.38. The summed E-state index contributed by atoms with van der Waals surface area (Å²) in [6.45, 7) is 8.43. The quantitative estimate of drug-likeness (QED) is 0.715. The van der Waals surface area contributed by atoms with E-state index in [0.29, 0.717) is 12.3 Å². The van der Waals surface area contributed by atoms with E-state index in [2.05, 4.69) is 34.6 Å². The van der Waals surface area contributed by atoms with Crippen molar-refractivity contribution < 1.29 is 4.79 Å². The summed E-state index contributed by atoms with van der Waals surface area (Å²) in [7, 11) is 0. The van der Waals surface area contributed by atoms with E-state index in [-0.39, 0.29) is 18.3 Å². The smallest absolute Gasteiger partial charge is 0.220 e. The fraction of sp³-hybridized carbons (Fsp3) is 0.611. The van der Waals surface area contributed by atoms with E-state index in [1.54, 1.807) is 0 Å². The Morgan fingerprint density at radius 1 is 1.26 bits per heavy atom. The van der Waals surface area contributed by atoms with Gasteiger partial charge >= 0.3 is 0 Å². The Labute approximate surface area is 146 Å². The molecule has 130 valence electrons. The molecule has 2 rings (SSSR count). The molecule has 1 unspecified atom stereocenters. The van der Waals surface area contributed by atoms with Gasteiger partial charge in [0.15, 0.2) is 0 Å². The van der Waals surface area contributed by atoms with Crippen LogP contribution >= 0.6 is 12.4 Å². The minimum Gasteiger partial charge on any atom is -0.356 e. The van der Waals surface area contributed by atoms with Gasteiger partial charge in [0.2, 0.25) is 5.91 Å². The van der Waals surface area contributed by atoms with Gasteiger partial charge < -0.3 is 15.5 Å². The molecule has 1 heterocycles. The number of nitrogens with zero attached hydrogens (tertiary/aromatic N) is 1. The predicted molar refractivity (Wildman–Crippen MR) is 98.3 cm³/mol. The van der Waals surface area contributed by atoms with Crippen molar-refractivity contribution in [2.24, 2.45) is 0 Å². The number of nitrogens with one attached hydrogen (secondary N) is 2. The van der Waals surface area contributed by atoms with Gasteiger partial charge in [0.05, 0.1) is 0 Å². The van der Waals surface area contributed by atoms with Gasteiger partial charge in [-0.2, -0.15) is 0 Å². The zero-order chi connectivity index (χ0) is 15.6. The standard InChI is InChI=1S/C18H29N3O.ClH/c1-2-16(17-7-4-3-5-8-17)15-18(22)20-9-6-12-21-13-10-19-11-14-21;/h3-5,7-8,16,19H,2,6,9-15H2,1H3,(H,20,22);1H. The van der Waals surface area contributed by atoms with Crippen LogP contribution in [0.15, 0.2) is 30.3 Å². The first-order valence-electron chi connectivity index (χ1n) is 8.54. The minimum absolute atomic E-state index is 0. The zero-order valence-corrected chi connectivity index (χ0v) is 14.9. The number of rotatable bonds is 8. The highest BCUT2D eigenvalue weighted by atomic mass is 35.5. The van der Waals surface area contributed by atoms with Crippen LogP contribution in [0, 0.1) is 0 Å². The summed E-state index contributed by atoms with van der Waals surface area (Å²) >= 11 is 0. The molecule has 0 radical (unpaired) electrons.